The van der Waals surface area contributed by atoms with Crippen molar-refractivity contribution < 1.29 is 13.9 Å². The van der Waals surface area contributed by atoms with Crippen LogP contribution < -0.4 is 10.1 Å². The smallest absolute Gasteiger partial charge is 0.238 e. The van der Waals surface area contributed by atoms with Crippen molar-refractivity contribution in [2.75, 3.05) is 5.32 Å². The second-order valence-electron chi connectivity index (χ2n) is 7.05. The molecular formula is C17H19FN4O2. The maximum absolute atomic E-state index is 13.1. The minimum absolute atomic E-state index is 0.0437. The van der Waals surface area contributed by atoms with E-state index in [2.05, 4.69) is 48.0 Å². The van der Waals surface area contributed by atoms with Gasteiger partial charge >= 0.3 is 0 Å². The molecule has 1 aliphatic rings. The van der Waals surface area contributed by atoms with E-state index in [4.69, 9.17) is 4.74 Å². The van der Waals surface area contributed by atoms with Crippen LogP contribution in [0.15, 0.2) is 30.9 Å². The summed E-state index contributed by atoms with van der Waals surface area (Å²) >= 11 is 0. The van der Waals surface area contributed by atoms with E-state index in [1.807, 2.05) is 0 Å². The average molecular weight is 330 g/mol. The van der Waals surface area contributed by atoms with Gasteiger partial charge in [-0.1, -0.05) is 27.7 Å². The number of anilines is 1. The number of halogens is 1. The highest BCUT2D eigenvalue weighted by Crippen LogP contribution is 2.68. The number of rotatable bonds is 4. The molecule has 2 aromatic rings. The van der Waals surface area contributed by atoms with E-state index in [1.165, 1.54) is 24.7 Å². The molecule has 1 fully saturated rings. The Morgan fingerprint density at radius 1 is 1.12 bits per heavy atom. The summed E-state index contributed by atoms with van der Waals surface area (Å²) in [5, 5.41) is 2.77. The molecule has 1 amide bonds. The topological polar surface area (TPSA) is 77.0 Å². The van der Waals surface area contributed by atoms with Gasteiger partial charge in [-0.3, -0.25) is 9.78 Å². The number of carbonyl (C=O) groups is 1. The SMILES string of the molecule is CC1(C)C(C(=O)Nc2cnc(Oc3cncc(F)c3)cn2)C1(C)C. The number of hydrogen-bond acceptors (Lipinski definition) is 5. The largest absolute Gasteiger partial charge is 0.436 e. The van der Waals surface area contributed by atoms with E-state index in [0.717, 1.165) is 6.20 Å². The highest BCUT2D eigenvalue weighted by atomic mass is 19.1. The van der Waals surface area contributed by atoms with Crippen LogP contribution >= 0.6 is 0 Å². The Morgan fingerprint density at radius 3 is 2.38 bits per heavy atom. The van der Waals surface area contributed by atoms with Crippen LogP contribution in [0.2, 0.25) is 0 Å². The standard InChI is InChI=1S/C17H19FN4O2/c1-16(2)14(17(16,3)4)15(23)22-12-8-21-13(9-20-12)24-11-5-10(18)6-19-7-11/h5-9,14H,1-4H3,(H,20,22,23). The van der Waals surface area contributed by atoms with Crippen LogP contribution in [0.25, 0.3) is 0 Å². The summed E-state index contributed by atoms with van der Waals surface area (Å²) in [5.41, 5.74) is -0.0874. The lowest BCUT2D eigenvalue weighted by atomic mass is 10.0. The highest BCUT2D eigenvalue weighted by Gasteiger charge is 2.68. The number of nitrogens with zero attached hydrogens (tertiary/aromatic N) is 3. The van der Waals surface area contributed by atoms with Gasteiger partial charge in [0.1, 0.15) is 5.82 Å². The number of aromatic nitrogens is 3. The summed E-state index contributed by atoms with van der Waals surface area (Å²) in [6.45, 7) is 8.31. The van der Waals surface area contributed by atoms with Crippen LogP contribution in [0, 0.1) is 22.6 Å². The van der Waals surface area contributed by atoms with E-state index < -0.39 is 5.82 Å². The van der Waals surface area contributed by atoms with Crippen molar-refractivity contribution in [3.63, 3.8) is 0 Å². The predicted octanol–water partition coefficient (Wildman–Crippen LogP) is 3.42. The summed E-state index contributed by atoms with van der Waals surface area (Å²) in [7, 11) is 0. The number of ether oxygens (including phenoxy) is 1. The molecule has 0 bridgehead atoms. The van der Waals surface area contributed by atoms with Crippen molar-refractivity contribution in [3.05, 3.63) is 36.7 Å². The Balaban J connectivity index is 1.64. The molecule has 1 N–H and O–H groups in total. The zero-order chi connectivity index (χ0) is 17.5. The van der Waals surface area contributed by atoms with Gasteiger partial charge in [-0.05, 0) is 10.8 Å². The molecule has 6 nitrogen and oxygen atoms in total. The van der Waals surface area contributed by atoms with E-state index >= 15 is 0 Å². The van der Waals surface area contributed by atoms with Crippen LogP contribution in [-0.2, 0) is 4.79 Å². The quantitative estimate of drug-likeness (QED) is 0.929. The minimum atomic E-state index is -0.501. The summed E-state index contributed by atoms with van der Waals surface area (Å²) in [5.74, 6) is 0.126. The fourth-order valence-electron chi connectivity index (χ4n) is 3.05. The molecule has 3 rings (SSSR count). The third kappa shape index (κ3) is 2.81. The molecule has 2 aromatic heterocycles. The van der Waals surface area contributed by atoms with Crippen LogP contribution in [0.4, 0.5) is 10.2 Å². The lowest BCUT2D eigenvalue weighted by molar-refractivity contribution is -0.118. The number of nitrogens with one attached hydrogen (secondary N) is 1. The molecule has 0 atom stereocenters. The normalized spacial score (nSPS) is 18.0. The Labute approximate surface area is 139 Å². The highest BCUT2D eigenvalue weighted by molar-refractivity contribution is 5.95. The maximum Gasteiger partial charge on any atom is 0.238 e. The van der Waals surface area contributed by atoms with E-state index in [-0.39, 0.29) is 34.3 Å². The fraction of sp³-hybridized carbons (Fsp3) is 0.412. The lowest BCUT2D eigenvalue weighted by Gasteiger charge is -2.07. The molecule has 0 saturated heterocycles. The summed E-state index contributed by atoms with van der Waals surface area (Å²) < 4.78 is 18.4. The molecular weight excluding hydrogens is 311 g/mol. The summed E-state index contributed by atoms with van der Waals surface area (Å²) in [6, 6.07) is 1.20. The Bertz CT molecular complexity index is 760. The summed E-state index contributed by atoms with van der Waals surface area (Å²) in [4.78, 5) is 24.2. The zero-order valence-electron chi connectivity index (χ0n) is 14.0. The summed E-state index contributed by atoms with van der Waals surface area (Å²) in [6.07, 6.45) is 5.22. The van der Waals surface area contributed by atoms with Crippen molar-refractivity contribution >= 4 is 11.7 Å². The Hall–Kier alpha value is -2.57. The first-order valence-corrected chi connectivity index (χ1v) is 7.63. The molecule has 0 aliphatic heterocycles. The first-order chi connectivity index (χ1) is 11.2. The third-order valence-corrected chi connectivity index (χ3v) is 5.06. The molecule has 24 heavy (non-hydrogen) atoms. The van der Waals surface area contributed by atoms with Crippen LogP contribution in [-0.4, -0.2) is 20.9 Å². The minimum Gasteiger partial charge on any atom is -0.436 e. The van der Waals surface area contributed by atoms with Gasteiger partial charge in [0.2, 0.25) is 11.8 Å². The molecule has 0 radical (unpaired) electrons. The average Bonchev–Trinajstić information content (AvgIpc) is 2.91. The van der Waals surface area contributed by atoms with Gasteiger partial charge in [-0.25, -0.2) is 14.4 Å². The number of amides is 1. The third-order valence-electron chi connectivity index (χ3n) is 5.06. The Morgan fingerprint density at radius 2 is 1.83 bits per heavy atom. The number of hydrogen-bond donors (Lipinski definition) is 1. The van der Waals surface area contributed by atoms with E-state index in [1.54, 1.807) is 0 Å². The number of carbonyl (C=O) groups excluding carboxylic acids is 1. The molecule has 1 aliphatic carbocycles. The molecule has 2 heterocycles. The van der Waals surface area contributed by atoms with E-state index in [9.17, 15) is 9.18 Å². The monoisotopic (exact) mass is 330 g/mol. The molecule has 7 heteroatoms. The fourth-order valence-corrected chi connectivity index (χ4v) is 3.05. The molecule has 126 valence electrons. The molecule has 0 spiro atoms. The van der Waals surface area contributed by atoms with Crippen LogP contribution in [0.5, 0.6) is 11.6 Å². The lowest BCUT2D eigenvalue weighted by Crippen LogP contribution is -2.18. The van der Waals surface area contributed by atoms with Crippen molar-refractivity contribution in [3.8, 4) is 11.6 Å². The first kappa shape index (κ1) is 16.3. The van der Waals surface area contributed by atoms with Crippen LogP contribution in [0.3, 0.4) is 0 Å². The van der Waals surface area contributed by atoms with Gasteiger partial charge in [-0.2, -0.15) is 0 Å². The predicted molar refractivity (Wildman–Crippen MR) is 86.0 cm³/mol. The van der Waals surface area contributed by atoms with Gasteiger partial charge in [0, 0.05) is 12.0 Å². The second-order valence-corrected chi connectivity index (χ2v) is 7.05. The molecule has 0 unspecified atom stereocenters. The van der Waals surface area contributed by atoms with Crippen molar-refractivity contribution in [1.29, 1.82) is 0 Å². The first-order valence-electron chi connectivity index (χ1n) is 7.63. The molecule has 0 aromatic carbocycles. The van der Waals surface area contributed by atoms with Gasteiger partial charge in [0.25, 0.3) is 0 Å². The van der Waals surface area contributed by atoms with Gasteiger partial charge < -0.3 is 10.1 Å². The zero-order valence-corrected chi connectivity index (χ0v) is 14.0. The Kier molecular flexibility index (Phi) is 3.74. The number of pyridine rings is 1. The van der Waals surface area contributed by atoms with E-state index in [0.29, 0.717) is 5.82 Å². The molecule has 1 saturated carbocycles. The van der Waals surface area contributed by atoms with Crippen molar-refractivity contribution in [2.24, 2.45) is 16.7 Å². The maximum atomic E-state index is 13.1. The van der Waals surface area contributed by atoms with Gasteiger partial charge in [0.15, 0.2) is 11.6 Å². The van der Waals surface area contributed by atoms with Gasteiger partial charge in [-0.15, -0.1) is 0 Å². The second kappa shape index (κ2) is 5.51. The van der Waals surface area contributed by atoms with Crippen LogP contribution in [0.1, 0.15) is 27.7 Å². The van der Waals surface area contributed by atoms with Gasteiger partial charge in [0.05, 0.1) is 24.8 Å². The van der Waals surface area contributed by atoms with Crippen molar-refractivity contribution in [1.82, 2.24) is 15.0 Å². The van der Waals surface area contributed by atoms with Crippen molar-refractivity contribution in [2.45, 2.75) is 27.7 Å².